The van der Waals surface area contributed by atoms with E-state index in [0.29, 0.717) is 42.1 Å². The summed E-state index contributed by atoms with van der Waals surface area (Å²) in [5.74, 6) is -0.848. The Morgan fingerprint density at radius 3 is 2.11 bits per heavy atom. The van der Waals surface area contributed by atoms with Crippen LogP contribution in [0.25, 0.3) is 0 Å². The van der Waals surface area contributed by atoms with Crippen molar-refractivity contribution in [3.05, 3.63) is 22.5 Å². The van der Waals surface area contributed by atoms with E-state index in [9.17, 15) is 9.59 Å². The van der Waals surface area contributed by atoms with Gasteiger partial charge in [-0.2, -0.15) is 0 Å². The molecule has 100 valence electrons. The van der Waals surface area contributed by atoms with Gasteiger partial charge in [0.25, 0.3) is 0 Å². The molecule has 0 aliphatic carbocycles. The SMILES string of the molecule is CCOC(=O)c1[nH]c(CC)c(C(=O)OCC)c1C. The molecule has 0 aliphatic heterocycles. The fourth-order valence-corrected chi connectivity index (χ4v) is 1.81. The van der Waals surface area contributed by atoms with Crippen molar-refractivity contribution in [2.24, 2.45) is 0 Å². The molecule has 5 nitrogen and oxygen atoms in total. The number of esters is 2. The molecule has 0 unspecified atom stereocenters. The molecule has 0 bridgehead atoms. The van der Waals surface area contributed by atoms with Crippen molar-refractivity contribution in [3.63, 3.8) is 0 Å². The first-order valence-electron chi connectivity index (χ1n) is 6.12. The van der Waals surface area contributed by atoms with E-state index in [-0.39, 0.29) is 0 Å². The monoisotopic (exact) mass is 253 g/mol. The minimum Gasteiger partial charge on any atom is -0.462 e. The maximum atomic E-state index is 11.8. The third-order valence-corrected chi connectivity index (χ3v) is 2.64. The highest BCUT2D eigenvalue weighted by atomic mass is 16.5. The largest absolute Gasteiger partial charge is 0.462 e. The normalized spacial score (nSPS) is 10.2. The van der Waals surface area contributed by atoms with Gasteiger partial charge >= 0.3 is 11.9 Å². The number of rotatable bonds is 5. The average molecular weight is 253 g/mol. The molecule has 1 aromatic rings. The Kier molecular flexibility index (Phi) is 4.95. The smallest absolute Gasteiger partial charge is 0.355 e. The van der Waals surface area contributed by atoms with Gasteiger partial charge < -0.3 is 14.5 Å². The number of aryl methyl sites for hydroxylation is 1. The highest BCUT2D eigenvalue weighted by molar-refractivity contribution is 5.98. The minimum atomic E-state index is -0.444. The number of hydrogen-bond acceptors (Lipinski definition) is 4. The Morgan fingerprint density at radius 1 is 1.06 bits per heavy atom. The second-order valence-electron chi connectivity index (χ2n) is 3.77. The second kappa shape index (κ2) is 6.23. The van der Waals surface area contributed by atoms with Crippen LogP contribution < -0.4 is 0 Å². The summed E-state index contributed by atoms with van der Waals surface area (Å²) >= 11 is 0. The summed E-state index contributed by atoms with van der Waals surface area (Å²) in [5, 5.41) is 0. The van der Waals surface area contributed by atoms with Crippen LogP contribution in [0.2, 0.25) is 0 Å². The number of aromatic amines is 1. The van der Waals surface area contributed by atoms with Crippen molar-refractivity contribution in [1.29, 1.82) is 0 Å². The zero-order valence-corrected chi connectivity index (χ0v) is 11.3. The third kappa shape index (κ3) is 2.72. The van der Waals surface area contributed by atoms with Crippen LogP contribution in [0.5, 0.6) is 0 Å². The Balaban J connectivity index is 3.18. The zero-order valence-electron chi connectivity index (χ0n) is 11.3. The predicted octanol–water partition coefficient (Wildman–Crippen LogP) is 2.24. The van der Waals surface area contributed by atoms with Crippen molar-refractivity contribution < 1.29 is 19.1 Å². The summed E-state index contributed by atoms with van der Waals surface area (Å²) in [6.07, 6.45) is 0.619. The van der Waals surface area contributed by atoms with E-state index in [4.69, 9.17) is 9.47 Å². The van der Waals surface area contributed by atoms with Crippen LogP contribution in [0.15, 0.2) is 0 Å². The Hall–Kier alpha value is -1.78. The quantitative estimate of drug-likeness (QED) is 0.817. The van der Waals surface area contributed by atoms with E-state index in [0.717, 1.165) is 0 Å². The molecule has 0 spiro atoms. The lowest BCUT2D eigenvalue weighted by atomic mass is 10.1. The molecule has 1 aromatic heterocycles. The van der Waals surface area contributed by atoms with Crippen molar-refractivity contribution in [1.82, 2.24) is 4.98 Å². The molecular formula is C13H19NO4. The van der Waals surface area contributed by atoms with Crippen LogP contribution in [-0.4, -0.2) is 30.1 Å². The first kappa shape index (κ1) is 14.3. The fourth-order valence-electron chi connectivity index (χ4n) is 1.81. The van der Waals surface area contributed by atoms with Gasteiger partial charge in [0.15, 0.2) is 0 Å². The van der Waals surface area contributed by atoms with Gasteiger partial charge in [0.1, 0.15) is 5.69 Å². The molecule has 0 saturated heterocycles. The van der Waals surface area contributed by atoms with Crippen LogP contribution in [0.4, 0.5) is 0 Å². The lowest BCUT2D eigenvalue weighted by molar-refractivity contribution is 0.0517. The van der Waals surface area contributed by atoms with Gasteiger partial charge in [0.2, 0.25) is 0 Å². The molecule has 18 heavy (non-hydrogen) atoms. The first-order valence-corrected chi connectivity index (χ1v) is 6.12. The van der Waals surface area contributed by atoms with E-state index in [1.807, 2.05) is 6.92 Å². The first-order chi connectivity index (χ1) is 8.56. The van der Waals surface area contributed by atoms with E-state index in [1.54, 1.807) is 20.8 Å². The van der Waals surface area contributed by atoms with E-state index < -0.39 is 11.9 Å². The molecule has 1 rings (SSSR count). The van der Waals surface area contributed by atoms with Crippen molar-refractivity contribution >= 4 is 11.9 Å². The minimum absolute atomic E-state index is 0.299. The van der Waals surface area contributed by atoms with Crippen LogP contribution >= 0.6 is 0 Å². The lowest BCUT2D eigenvalue weighted by Crippen LogP contribution is -2.09. The van der Waals surface area contributed by atoms with Gasteiger partial charge in [-0.3, -0.25) is 0 Å². The molecule has 0 atom stereocenters. The molecule has 1 N–H and O–H groups in total. The lowest BCUT2D eigenvalue weighted by Gasteiger charge is -2.03. The second-order valence-corrected chi connectivity index (χ2v) is 3.77. The highest BCUT2D eigenvalue weighted by Gasteiger charge is 2.24. The van der Waals surface area contributed by atoms with E-state index >= 15 is 0 Å². The summed E-state index contributed by atoms with van der Waals surface area (Å²) in [7, 11) is 0. The zero-order chi connectivity index (χ0) is 13.7. The van der Waals surface area contributed by atoms with E-state index in [2.05, 4.69) is 4.98 Å². The maximum absolute atomic E-state index is 11.8. The predicted molar refractivity (Wildman–Crippen MR) is 66.8 cm³/mol. The number of aromatic nitrogens is 1. The summed E-state index contributed by atoms with van der Waals surface area (Å²) in [5.41, 5.74) is 2.07. The molecule has 0 aliphatic rings. The maximum Gasteiger partial charge on any atom is 0.355 e. The molecule has 0 radical (unpaired) electrons. The van der Waals surface area contributed by atoms with Gasteiger partial charge in [-0.15, -0.1) is 0 Å². The number of hydrogen-bond donors (Lipinski definition) is 1. The standard InChI is InChI=1S/C13H19NO4/c1-5-9-10(12(15)17-6-2)8(4)11(14-9)13(16)18-7-3/h14H,5-7H2,1-4H3. The summed E-state index contributed by atoms with van der Waals surface area (Å²) in [6.45, 7) is 7.72. The molecule has 0 saturated carbocycles. The molecule has 0 fully saturated rings. The molecular weight excluding hydrogens is 234 g/mol. The molecule has 0 amide bonds. The van der Waals surface area contributed by atoms with Gasteiger partial charge in [-0.25, -0.2) is 9.59 Å². The Labute approximate surface area is 106 Å². The number of H-pyrrole nitrogens is 1. The van der Waals surface area contributed by atoms with Gasteiger partial charge in [0.05, 0.1) is 18.8 Å². The fraction of sp³-hybridized carbons (Fsp3) is 0.538. The van der Waals surface area contributed by atoms with Crippen molar-refractivity contribution in [2.45, 2.75) is 34.1 Å². The Morgan fingerprint density at radius 2 is 1.61 bits per heavy atom. The number of carbonyl (C=O) groups is 2. The third-order valence-electron chi connectivity index (χ3n) is 2.64. The van der Waals surface area contributed by atoms with Gasteiger partial charge in [0, 0.05) is 5.69 Å². The average Bonchev–Trinajstić information content (AvgIpc) is 2.67. The number of nitrogens with one attached hydrogen (secondary N) is 1. The van der Waals surface area contributed by atoms with Crippen LogP contribution in [0.3, 0.4) is 0 Å². The summed E-state index contributed by atoms with van der Waals surface area (Å²) < 4.78 is 9.93. The Bertz CT molecular complexity index is 448. The summed E-state index contributed by atoms with van der Waals surface area (Å²) in [6, 6.07) is 0. The molecule has 0 aromatic carbocycles. The van der Waals surface area contributed by atoms with Gasteiger partial charge in [-0.1, -0.05) is 6.92 Å². The van der Waals surface area contributed by atoms with Crippen molar-refractivity contribution in [3.8, 4) is 0 Å². The molecule has 5 heteroatoms. The number of carbonyl (C=O) groups excluding carboxylic acids is 2. The van der Waals surface area contributed by atoms with E-state index in [1.165, 1.54) is 0 Å². The van der Waals surface area contributed by atoms with Gasteiger partial charge in [-0.05, 0) is 32.8 Å². The topological polar surface area (TPSA) is 68.4 Å². The molecule has 1 heterocycles. The van der Waals surface area contributed by atoms with Crippen LogP contribution in [0.1, 0.15) is 52.9 Å². The van der Waals surface area contributed by atoms with Crippen molar-refractivity contribution in [2.75, 3.05) is 13.2 Å². The summed E-state index contributed by atoms with van der Waals surface area (Å²) in [4.78, 5) is 26.5. The number of ether oxygens (including phenoxy) is 2. The van der Waals surface area contributed by atoms with Crippen LogP contribution in [0, 0.1) is 6.92 Å². The van der Waals surface area contributed by atoms with Crippen LogP contribution in [-0.2, 0) is 15.9 Å². The highest BCUT2D eigenvalue weighted by Crippen LogP contribution is 2.21.